The van der Waals surface area contributed by atoms with Crippen molar-refractivity contribution in [1.29, 1.82) is 0 Å². The molecular weight excluding hydrogens is 232 g/mol. The smallest absolute Gasteiger partial charge is 0.0476 e. The Morgan fingerprint density at radius 1 is 1.16 bits per heavy atom. The summed E-state index contributed by atoms with van der Waals surface area (Å²) in [7, 11) is 0. The van der Waals surface area contributed by atoms with Crippen LogP contribution in [0.15, 0.2) is 30.3 Å². The van der Waals surface area contributed by atoms with E-state index in [0.717, 1.165) is 13.1 Å². The molecule has 19 heavy (non-hydrogen) atoms. The average molecular weight is 260 g/mol. The normalized spacial score (nSPS) is 25.5. The summed E-state index contributed by atoms with van der Waals surface area (Å²) < 4.78 is 0. The van der Waals surface area contributed by atoms with Gasteiger partial charge in [-0.05, 0) is 32.3 Å². The molecule has 1 aromatic rings. The largest absolute Gasteiger partial charge is 0.309 e. The first-order valence-electron chi connectivity index (χ1n) is 7.46. The van der Waals surface area contributed by atoms with Crippen molar-refractivity contribution in [1.82, 2.24) is 10.2 Å². The van der Waals surface area contributed by atoms with E-state index in [1.807, 2.05) is 0 Å². The van der Waals surface area contributed by atoms with Crippen LogP contribution < -0.4 is 5.32 Å². The second-order valence-corrected chi connectivity index (χ2v) is 6.85. The van der Waals surface area contributed by atoms with Gasteiger partial charge in [-0.15, -0.1) is 0 Å². The maximum absolute atomic E-state index is 3.69. The molecule has 0 amide bonds. The van der Waals surface area contributed by atoms with Gasteiger partial charge in [-0.3, -0.25) is 4.90 Å². The molecule has 0 radical (unpaired) electrons. The highest BCUT2D eigenvalue weighted by atomic mass is 15.3. The molecule has 2 nitrogen and oxygen atoms in total. The molecule has 2 unspecified atom stereocenters. The van der Waals surface area contributed by atoms with E-state index >= 15 is 0 Å². The summed E-state index contributed by atoms with van der Waals surface area (Å²) in [5, 5.41) is 3.69. The Balaban J connectivity index is 2.25. The Labute approximate surface area is 118 Å². The molecule has 0 bridgehead atoms. The number of rotatable bonds is 3. The maximum Gasteiger partial charge on any atom is 0.0476 e. The van der Waals surface area contributed by atoms with E-state index < -0.39 is 0 Å². The lowest BCUT2D eigenvalue weighted by molar-refractivity contribution is 0.0418. The van der Waals surface area contributed by atoms with Crippen LogP contribution in [0.25, 0.3) is 0 Å². The number of nitrogens with one attached hydrogen (secondary N) is 1. The Bertz CT molecular complexity index is 397. The van der Waals surface area contributed by atoms with Gasteiger partial charge in [0.2, 0.25) is 0 Å². The predicted octanol–water partition coefficient (Wildman–Crippen LogP) is 3.46. The molecule has 0 aromatic heterocycles. The van der Waals surface area contributed by atoms with Gasteiger partial charge in [-0.25, -0.2) is 0 Å². The lowest BCUT2D eigenvalue weighted by Gasteiger charge is -2.48. The van der Waals surface area contributed by atoms with Crippen LogP contribution in [0.5, 0.6) is 0 Å². The zero-order chi connectivity index (χ0) is 14.0. The van der Waals surface area contributed by atoms with E-state index in [1.165, 1.54) is 5.56 Å². The minimum atomic E-state index is 0.203. The fourth-order valence-electron chi connectivity index (χ4n) is 2.91. The predicted molar refractivity (Wildman–Crippen MR) is 82.3 cm³/mol. The molecule has 1 aliphatic rings. The molecule has 1 heterocycles. The van der Waals surface area contributed by atoms with Gasteiger partial charge in [0.25, 0.3) is 0 Å². The van der Waals surface area contributed by atoms with Crippen molar-refractivity contribution in [3.05, 3.63) is 35.9 Å². The first kappa shape index (κ1) is 14.5. The minimum absolute atomic E-state index is 0.203. The SMILES string of the molecule is CC(C)C(C)N1CC(C)(C)NCC1c1ccccc1. The highest BCUT2D eigenvalue weighted by Crippen LogP contribution is 2.30. The Kier molecular flexibility index (Phi) is 4.32. The Morgan fingerprint density at radius 3 is 2.37 bits per heavy atom. The summed E-state index contributed by atoms with van der Waals surface area (Å²) in [6.07, 6.45) is 0. The molecule has 2 atom stereocenters. The van der Waals surface area contributed by atoms with E-state index in [1.54, 1.807) is 0 Å². The molecule has 2 heteroatoms. The average Bonchev–Trinajstić information content (AvgIpc) is 2.37. The van der Waals surface area contributed by atoms with Crippen molar-refractivity contribution >= 4 is 0 Å². The molecule has 0 aliphatic carbocycles. The number of hydrogen-bond acceptors (Lipinski definition) is 2. The van der Waals surface area contributed by atoms with Gasteiger partial charge in [-0.2, -0.15) is 0 Å². The van der Waals surface area contributed by atoms with Crippen molar-refractivity contribution < 1.29 is 0 Å². The van der Waals surface area contributed by atoms with E-state index in [9.17, 15) is 0 Å². The van der Waals surface area contributed by atoms with E-state index in [0.29, 0.717) is 18.0 Å². The summed E-state index contributed by atoms with van der Waals surface area (Å²) in [4.78, 5) is 2.68. The van der Waals surface area contributed by atoms with Crippen LogP contribution in [0.1, 0.15) is 46.2 Å². The molecule has 1 aliphatic heterocycles. The van der Waals surface area contributed by atoms with E-state index in [-0.39, 0.29) is 5.54 Å². The lowest BCUT2D eigenvalue weighted by atomic mass is 9.91. The minimum Gasteiger partial charge on any atom is -0.309 e. The van der Waals surface area contributed by atoms with Gasteiger partial charge in [0.05, 0.1) is 0 Å². The highest BCUT2D eigenvalue weighted by Gasteiger charge is 2.36. The summed E-state index contributed by atoms with van der Waals surface area (Å²) in [5.41, 5.74) is 1.63. The van der Waals surface area contributed by atoms with E-state index in [2.05, 4.69) is 75.2 Å². The zero-order valence-corrected chi connectivity index (χ0v) is 13.0. The number of benzene rings is 1. The third-order valence-corrected chi connectivity index (χ3v) is 4.42. The first-order chi connectivity index (χ1) is 8.91. The molecule has 1 N–H and O–H groups in total. The van der Waals surface area contributed by atoms with Crippen LogP contribution in [0.3, 0.4) is 0 Å². The van der Waals surface area contributed by atoms with Gasteiger partial charge in [0.1, 0.15) is 0 Å². The molecule has 1 aromatic carbocycles. The van der Waals surface area contributed by atoms with Gasteiger partial charge < -0.3 is 5.32 Å². The summed E-state index contributed by atoms with van der Waals surface area (Å²) in [6.45, 7) is 13.7. The van der Waals surface area contributed by atoms with Crippen molar-refractivity contribution in [3.8, 4) is 0 Å². The van der Waals surface area contributed by atoms with Crippen LogP contribution in [0.2, 0.25) is 0 Å². The molecule has 106 valence electrons. The van der Waals surface area contributed by atoms with Crippen LogP contribution in [-0.2, 0) is 0 Å². The maximum atomic E-state index is 3.69. The molecule has 0 spiro atoms. The van der Waals surface area contributed by atoms with Crippen molar-refractivity contribution in [2.45, 2.75) is 52.2 Å². The molecule has 0 saturated carbocycles. The van der Waals surface area contributed by atoms with Gasteiger partial charge >= 0.3 is 0 Å². The molecule has 2 rings (SSSR count). The van der Waals surface area contributed by atoms with Gasteiger partial charge in [0, 0.05) is 30.7 Å². The summed E-state index contributed by atoms with van der Waals surface area (Å²) in [6, 6.07) is 12.0. The van der Waals surface area contributed by atoms with Crippen LogP contribution in [0.4, 0.5) is 0 Å². The highest BCUT2D eigenvalue weighted by molar-refractivity contribution is 5.21. The van der Waals surface area contributed by atoms with Gasteiger partial charge in [0.15, 0.2) is 0 Å². The number of piperazine rings is 1. The van der Waals surface area contributed by atoms with Crippen molar-refractivity contribution in [2.75, 3.05) is 13.1 Å². The van der Waals surface area contributed by atoms with Crippen LogP contribution in [-0.4, -0.2) is 29.6 Å². The third kappa shape index (κ3) is 3.37. The second-order valence-electron chi connectivity index (χ2n) is 6.85. The number of hydrogen-bond donors (Lipinski definition) is 1. The second kappa shape index (κ2) is 5.64. The van der Waals surface area contributed by atoms with E-state index in [4.69, 9.17) is 0 Å². The standard InChI is InChI=1S/C17H28N2/c1-13(2)14(3)19-12-17(4,5)18-11-16(19)15-9-7-6-8-10-15/h6-10,13-14,16,18H,11-12H2,1-5H3. The first-order valence-corrected chi connectivity index (χ1v) is 7.46. The van der Waals surface area contributed by atoms with Crippen LogP contribution in [0, 0.1) is 5.92 Å². The number of nitrogens with zero attached hydrogens (tertiary/aromatic N) is 1. The fourth-order valence-corrected chi connectivity index (χ4v) is 2.91. The third-order valence-electron chi connectivity index (χ3n) is 4.42. The quantitative estimate of drug-likeness (QED) is 0.895. The fraction of sp³-hybridized carbons (Fsp3) is 0.647. The van der Waals surface area contributed by atoms with Crippen molar-refractivity contribution in [3.63, 3.8) is 0 Å². The van der Waals surface area contributed by atoms with Crippen LogP contribution >= 0.6 is 0 Å². The summed E-state index contributed by atoms with van der Waals surface area (Å²) >= 11 is 0. The summed E-state index contributed by atoms with van der Waals surface area (Å²) in [5.74, 6) is 0.681. The molecular formula is C17H28N2. The molecule has 1 fully saturated rings. The lowest BCUT2D eigenvalue weighted by Crippen LogP contribution is -2.60. The monoisotopic (exact) mass is 260 g/mol. The Morgan fingerprint density at radius 2 is 1.79 bits per heavy atom. The molecule has 1 saturated heterocycles. The van der Waals surface area contributed by atoms with Gasteiger partial charge in [-0.1, -0.05) is 44.2 Å². The van der Waals surface area contributed by atoms with Crippen molar-refractivity contribution in [2.24, 2.45) is 5.92 Å². The zero-order valence-electron chi connectivity index (χ0n) is 13.0. The Hall–Kier alpha value is -0.860. The topological polar surface area (TPSA) is 15.3 Å².